The molecule has 0 fully saturated rings. The second-order valence-electron chi connectivity index (χ2n) is 9.00. The lowest BCUT2D eigenvalue weighted by atomic mass is 9.85. The Bertz CT molecular complexity index is 383. The van der Waals surface area contributed by atoms with E-state index in [-0.39, 0.29) is 0 Å². The third kappa shape index (κ3) is 14.1. The van der Waals surface area contributed by atoms with Gasteiger partial charge in [0.25, 0.3) is 0 Å². The Morgan fingerprint density at radius 1 is 0.840 bits per heavy atom. The Labute approximate surface area is 159 Å². The van der Waals surface area contributed by atoms with Crippen LogP contribution in [0.3, 0.4) is 0 Å². The second kappa shape index (κ2) is 14.4. The molecule has 0 saturated carbocycles. The van der Waals surface area contributed by atoms with Gasteiger partial charge in [-0.3, -0.25) is 0 Å². The minimum atomic E-state index is 0.613. The van der Waals surface area contributed by atoms with Gasteiger partial charge in [-0.2, -0.15) is 0 Å². The van der Waals surface area contributed by atoms with E-state index in [4.69, 9.17) is 0 Å². The first-order valence-electron chi connectivity index (χ1n) is 10.7. The Kier molecular flexibility index (Phi) is 13.9. The van der Waals surface area contributed by atoms with E-state index in [9.17, 15) is 0 Å². The van der Waals surface area contributed by atoms with Gasteiger partial charge in [-0.1, -0.05) is 77.3 Å². The minimum absolute atomic E-state index is 0.613. The van der Waals surface area contributed by atoms with Crippen molar-refractivity contribution in [1.82, 2.24) is 0 Å². The molecule has 2 atom stereocenters. The van der Waals surface area contributed by atoms with Crippen molar-refractivity contribution in [2.24, 2.45) is 23.7 Å². The highest BCUT2D eigenvalue weighted by Gasteiger charge is 2.13. The fraction of sp³-hybridized carbons (Fsp3) is 0.760. The molecule has 0 aliphatic carbocycles. The Balaban J connectivity index is 4.54. The zero-order valence-corrected chi connectivity index (χ0v) is 18.2. The average molecular weight is 347 g/mol. The molecule has 0 heteroatoms. The fourth-order valence-electron chi connectivity index (χ4n) is 3.25. The summed E-state index contributed by atoms with van der Waals surface area (Å²) in [5.74, 6) is 2.88. The third-order valence-corrected chi connectivity index (χ3v) is 5.33. The molecule has 0 amide bonds. The molecule has 0 radical (unpaired) electrons. The quantitative estimate of drug-likeness (QED) is 0.260. The summed E-state index contributed by atoms with van der Waals surface area (Å²) in [5.41, 5.74) is 3.04. The fourth-order valence-corrected chi connectivity index (χ4v) is 3.25. The summed E-state index contributed by atoms with van der Waals surface area (Å²) in [6, 6.07) is 0. The van der Waals surface area contributed by atoms with E-state index in [1.165, 1.54) is 63.4 Å². The van der Waals surface area contributed by atoms with Crippen molar-refractivity contribution in [2.75, 3.05) is 0 Å². The maximum Gasteiger partial charge on any atom is -0.0171 e. The summed E-state index contributed by atoms with van der Waals surface area (Å²) in [6.07, 6.45) is 16.0. The number of hydrogen-bond donors (Lipinski definition) is 0. The smallest absolute Gasteiger partial charge is 0.0171 e. The van der Waals surface area contributed by atoms with Crippen LogP contribution in [0.2, 0.25) is 0 Å². The topological polar surface area (TPSA) is 0 Å². The number of hydrogen-bond acceptors (Lipinski definition) is 0. The van der Waals surface area contributed by atoms with Crippen molar-refractivity contribution in [3.8, 4) is 0 Å². The zero-order valence-electron chi connectivity index (χ0n) is 18.2. The second-order valence-corrected chi connectivity index (χ2v) is 9.00. The van der Waals surface area contributed by atoms with Crippen molar-refractivity contribution in [1.29, 1.82) is 0 Å². The van der Waals surface area contributed by atoms with Crippen LogP contribution in [-0.4, -0.2) is 0 Å². The zero-order chi connectivity index (χ0) is 19.2. The summed E-state index contributed by atoms with van der Waals surface area (Å²) in [6.45, 7) is 22.3. The highest BCUT2D eigenvalue weighted by atomic mass is 14.2. The maximum absolute atomic E-state index is 4.46. The van der Waals surface area contributed by atoms with E-state index in [2.05, 4.69) is 66.9 Å². The van der Waals surface area contributed by atoms with Crippen LogP contribution in [0, 0.1) is 23.7 Å². The molecule has 0 nitrogen and oxygen atoms in total. The van der Waals surface area contributed by atoms with Crippen LogP contribution < -0.4 is 0 Å². The van der Waals surface area contributed by atoms with Gasteiger partial charge in [0.2, 0.25) is 0 Å². The average Bonchev–Trinajstić information content (AvgIpc) is 2.53. The van der Waals surface area contributed by atoms with E-state index in [1.54, 1.807) is 5.57 Å². The molecule has 0 aliphatic heterocycles. The largest absolute Gasteiger partial charge is 0.103 e. The van der Waals surface area contributed by atoms with Gasteiger partial charge >= 0.3 is 0 Å². The molecule has 0 aromatic heterocycles. The molecule has 0 N–H and O–H groups in total. The van der Waals surface area contributed by atoms with Gasteiger partial charge < -0.3 is 0 Å². The summed E-state index contributed by atoms with van der Waals surface area (Å²) in [4.78, 5) is 0. The molecule has 0 aromatic rings. The molecule has 0 aromatic carbocycles. The Morgan fingerprint density at radius 3 is 1.92 bits per heavy atom. The van der Waals surface area contributed by atoms with Crippen molar-refractivity contribution in [3.63, 3.8) is 0 Å². The van der Waals surface area contributed by atoms with Crippen LogP contribution in [0.25, 0.3) is 0 Å². The van der Waals surface area contributed by atoms with Gasteiger partial charge in [-0.25, -0.2) is 0 Å². The predicted octanol–water partition coefficient (Wildman–Crippen LogP) is 8.75. The molecule has 0 bridgehead atoms. The monoisotopic (exact) mass is 346 g/mol. The molecular formula is C25H46. The van der Waals surface area contributed by atoms with Gasteiger partial charge in [0.1, 0.15) is 0 Å². The molecule has 0 saturated heterocycles. The lowest BCUT2D eigenvalue weighted by Crippen LogP contribution is -2.06. The molecule has 0 spiro atoms. The number of allylic oxidation sites excluding steroid dienone is 4. The lowest BCUT2D eigenvalue weighted by Gasteiger charge is -2.20. The standard InChI is InChI=1S/C25H46/c1-9-22(6)16-18-25(24(8)15-11-13-21(4)5)19-17-23(7)14-10-12-20(2)3/h9,17,20-22,25H,1,8,10-16,18-19H2,2-7H3/b23-17+/t22-,25-/m1/s1. The molecule has 0 heterocycles. The molecule has 146 valence electrons. The van der Waals surface area contributed by atoms with Gasteiger partial charge in [-0.05, 0) is 75.5 Å². The highest BCUT2D eigenvalue weighted by molar-refractivity contribution is 5.07. The first kappa shape index (κ1) is 24.2. The summed E-state index contributed by atoms with van der Waals surface area (Å²) in [5, 5.41) is 0. The third-order valence-electron chi connectivity index (χ3n) is 5.33. The molecule has 25 heavy (non-hydrogen) atoms. The van der Waals surface area contributed by atoms with Crippen LogP contribution in [-0.2, 0) is 0 Å². The first-order valence-corrected chi connectivity index (χ1v) is 10.7. The maximum atomic E-state index is 4.46. The molecule has 0 rings (SSSR count). The van der Waals surface area contributed by atoms with Crippen LogP contribution in [0.5, 0.6) is 0 Å². The van der Waals surface area contributed by atoms with Crippen molar-refractivity contribution < 1.29 is 0 Å². The van der Waals surface area contributed by atoms with E-state index in [1.807, 2.05) is 0 Å². The van der Waals surface area contributed by atoms with Gasteiger partial charge in [0.05, 0.1) is 0 Å². The highest BCUT2D eigenvalue weighted by Crippen LogP contribution is 2.28. The van der Waals surface area contributed by atoms with E-state index < -0.39 is 0 Å². The molecular weight excluding hydrogens is 300 g/mol. The van der Waals surface area contributed by atoms with Gasteiger partial charge in [-0.15, -0.1) is 6.58 Å². The van der Waals surface area contributed by atoms with Gasteiger partial charge in [0.15, 0.2) is 0 Å². The summed E-state index contributed by atoms with van der Waals surface area (Å²) < 4.78 is 0. The van der Waals surface area contributed by atoms with E-state index in [0.29, 0.717) is 11.8 Å². The summed E-state index contributed by atoms with van der Waals surface area (Å²) in [7, 11) is 0. The van der Waals surface area contributed by atoms with Crippen molar-refractivity contribution in [3.05, 3.63) is 36.5 Å². The molecule has 0 aliphatic rings. The Hall–Kier alpha value is -0.780. The van der Waals surface area contributed by atoms with Crippen molar-refractivity contribution >= 4 is 0 Å². The predicted molar refractivity (Wildman–Crippen MR) is 117 cm³/mol. The minimum Gasteiger partial charge on any atom is -0.103 e. The van der Waals surface area contributed by atoms with Crippen LogP contribution in [0.15, 0.2) is 36.5 Å². The first-order chi connectivity index (χ1) is 11.8. The lowest BCUT2D eigenvalue weighted by molar-refractivity contribution is 0.468. The molecule has 0 unspecified atom stereocenters. The van der Waals surface area contributed by atoms with Crippen LogP contribution in [0.4, 0.5) is 0 Å². The summed E-state index contributed by atoms with van der Waals surface area (Å²) >= 11 is 0. The van der Waals surface area contributed by atoms with Gasteiger partial charge in [0, 0.05) is 0 Å². The van der Waals surface area contributed by atoms with E-state index in [0.717, 1.165) is 11.8 Å². The van der Waals surface area contributed by atoms with Crippen LogP contribution in [0.1, 0.15) is 99.3 Å². The number of rotatable bonds is 15. The SMILES string of the molecule is C=C[C@@H](C)CC[C@H](C/C=C(\C)CCCC(C)C)C(=C)CCCC(C)C. The van der Waals surface area contributed by atoms with Crippen LogP contribution >= 0.6 is 0 Å². The normalized spacial score (nSPS) is 14.8. The van der Waals surface area contributed by atoms with E-state index >= 15 is 0 Å². The Morgan fingerprint density at radius 2 is 1.40 bits per heavy atom. The van der Waals surface area contributed by atoms with Crippen molar-refractivity contribution in [2.45, 2.75) is 99.3 Å².